The summed E-state index contributed by atoms with van der Waals surface area (Å²) >= 11 is 6.29. The number of hydrogen-bond donors (Lipinski definition) is 1. The van der Waals surface area contributed by atoms with Crippen LogP contribution in [-0.2, 0) is 11.2 Å². The Morgan fingerprint density at radius 3 is 2.83 bits per heavy atom. The predicted molar refractivity (Wildman–Crippen MR) is 91.4 cm³/mol. The third-order valence-electron chi connectivity index (χ3n) is 3.82. The first-order valence-electron chi connectivity index (χ1n) is 7.32. The van der Waals surface area contributed by atoms with Crippen molar-refractivity contribution in [2.45, 2.75) is 19.4 Å². The number of benzene rings is 2. The molecule has 1 heterocycles. The van der Waals surface area contributed by atoms with E-state index < -0.39 is 0 Å². The molecule has 1 atom stereocenters. The topological polar surface area (TPSA) is 61.7 Å². The zero-order valence-electron chi connectivity index (χ0n) is 12.9. The SMILES string of the molecule is CO[C@H](C)Cc1nc2ccc(-c3ccc(C#N)cc3Cl)cc2[nH]1. The molecular weight excluding hydrogens is 310 g/mol. The van der Waals surface area contributed by atoms with Crippen molar-refractivity contribution in [3.05, 3.63) is 52.8 Å². The fraction of sp³-hybridized carbons (Fsp3) is 0.222. The molecule has 0 aliphatic rings. The molecule has 0 amide bonds. The van der Waals surface area contributed by atoms with Crippen LogP contribution >= 0.6 is 11.6 Å². The number of methoxy groups -OCH3 is 1. The number of nitrogens with zero attached hydrogens (tertiary/aromatic N) is 2. The van der Waals surface area contributed by atoms with Crippen LogP contribution in [0.5, 0.6) is 0 Å². The largest absolute Gasteiger partial charge is 0.381 e. The Morgan fingerprint density at radius 1 is 1.30 bits per heavy atom. The van der Waals surface area contributed by atoms with E-state index in [1.54, 1.807) is 19.2 Å². The minimum atomic E-state index is 0.114. The Kier molecular flexibility index (Phi) is 4.33. The zero-order valence-corrected chi connectivity index (χ0v) is 13.7. The summed E-state index contributed by atoms with van der Waals surface area (Å²) in [4.78, 5) is 7.90. The lowest BCUT2D eigenvalue weighted by Crippen LogP contribution is -2.09. The lowest BCUT2D eigenvalue weighted by atomic mass is 10.0. The summed E-state index contributed by atoms with van der Waals surface area (Å²) in [5.41, 5.74) is 4.31. The van der Waals surface area contributed by atoms with Crippen LogP contribution < -0.4 is 0 Å². The van der Waals surface area contributed by atoms with Crippen LogP contribution in [0.15, 0.2) is 36.4 Å². The van der Waals surface area contributed by atoms with E-state index in [-0.39, 0.29) is 6.10 Å². The van der Waals surface area contributed by atoms with Crippen molar-refractivity contribution >= 4 is 22.6 Å². The van der Waals surface area contributed by atoms with E-state index in [0.29, 0.717) is 10.6 Å². The summed E-state index contributed by atoms with van der Waals surface area (Å²) in [5, 5.41) is 9.49. The van der Waals surface area contributed by atoms with Gasteiger partial charge in [-0.15, -0.1) is 0 Å². The van der Waals surface area contributed by atoms with Crippen LogP contribution in [0.2, 0.25) is 5.02 Å². The normalized spacial score (nSPS) is 12.3. The minimum absolute atomic E-state index is 0.114. The molecule has 0 aliphatic heterocycles. The summed E-state index contributed by atoms with van der Waals surface area (Å²) in [6, 6.07) is 13.4. The van der Waals surface area contributed by atoms with Crippen LogP contribution in [0.3, 0.4) is 0 Å². The number of imidazole rings is 1. The van der Waals surface area contributed by atoms with E-state index in [4.69, 9.17) is 21.6 Å². The highest BCUT2D eigenvalue weighted by Crippen LogP contribution is 2.30. The summed E-state index contributed by atoms with van der Waals surface area (Å²) in [6.45, 7) is 2.01. The van der Waals surface area contributed by atoms with Crippen molar-refractivity contribution < 1.29 is 4.74 Å². The molecular formula is C18H16ClN3O. The number of nitriles is 1. The van der Waals surface area contributed by atoms with E-state index in [1.165, 1.54) is 0 Å². The molecule has 23 heavy (non-hydrogen) atoms. The van der Waals surface area contributed by atoms with Crippen molar-refractivity contribution in [2.24, 2.45) is 0 Å². The van der Waals surface area contributed by atoms with Gasteiger partial charge in [-0.2, -0.15) is 5.26 Å². The molecule has 0 saturated heterocycles. The van der Waals surface area contributed by atoms with E-state index in [1.807, 2.05) is 31.2 Å². The molecule has 1 N–H and O–H groups in total. The second-order valence-electron chi connectivity index (χ2n) is 5.47. The van der Waals surface area contributed by atoms with Gasteiger partial charge in [0.25, 0.3) is 0 Å². The van der Waals surface area contributed by atoms with Crippen molar-refractivity contribution in [1.29, 1.82) is 5.26 Å². The highest BCUT2D eigenvalue weighted by Gasteiger charge is 2.10. The van der Waals surface area contributed by atoms with Gasteiger partial charge in [-0.25, -0.2) is 4.98 Å². The molecule has 3 aromatic rings. The fourth-order valence-corrected chi connectivity index (χ4v) is 2.79. The Labute approximate surface area is 139 Å². The first kappa shape index (κ1) is 15.5. The maximum atomic E-state index is 8.93. The maximum Gasteiger partial charge on any atom is 0.109 e. The van der Waals surface area contributed by atoms with Crippen molar-refractivity contribution in [3.63, 3.8) is 0 Å². The smallest absolute Gasteiger partial charge is 0.109 e. The van der Waals surface area contributed by atoms with Crippen molar-refractivity contribution in [1.82, 2.24) is 9.97 Å². The summed E-state index contributed by atoms with van der Waals surface area (Å²) in [7, 11) is 1.69. The molecule has 0 unspecified atom stereocenters. The lowest BCUT2D eigenvalue weighted by Gasteiger charge is -2.05. The fourth-order valence-electron chi connectivity index (χ4n) is 2.50. The van der Waals surface area contributed by atoms with Crippen LogP contribution in [0, 0.1) is 11.3 Å². The molecule has 0 radical (unpaired) electrons. The number of aromatic amines is 1. The molecule has 0 aliphatic carbocycles. The average molecular weight is 326 g/mol. The number of nitrogens with one attached hydrogen (secondary N) is 1. The van der Waals surface area contributed by atoms with Gasteiger partial charge in [0.1, 0.15) is 5.82 Å². The zero-order chi connectivity index (χ0) is 16.4. The molecule has 5 heteroatoms. The number of rotatable bonds is 4. The molecule has 3 rings (SSSR count). The third-order valence-corrected chi connectivity index (χ3v) is 4.14. The van der Waals surface area contributed by atoms with Gasteiger partial charge in [0, 0.05) is 24.1 Å². The molecule has 0 bridgehead atoms. The molecule has 0 spiro atoms. The number of halogens is 1. The first-order chi connectivity index (χ1) is 11.1. The standard InChI is InChI=1S/C18H16ClN3O/c1-11(23-2)7-18-21-16-6-4-13(9-17(16)22-18)14-5-3-12(10-20)8-15(14)19/h3-6,8-9,11H,7H2,1-2H3,(H,21,22)/t11-/m1/s1. The lowest BCUT2D eigenvalue weighted by molar-refractivity contribution is 0.117. The molecule has 4 nitrogen and oxygen atoms in total. The number of hydrogen-bond acceptors (Lipinski definition) is 3. The van der Waals surface area contributed by atoms with E-state index in [9.17, 15) is 0 Å². The summed E-state index contributed by atoms with van der Waals surface area (Å²) in [6.07, 6.45) is 0.848. The van der Waals surface area contributed by atoms with Crippen LogP contribution in [0.1, 0.15) is 18.3 Å². The number of aromatic nitrogens is 2. The molecule has 0 saturated carbocycles. The van der Waals surface area contributed by atoms with Crippen molar-refractivity contribution in [3.8, 4) is 17.2 Å². The van der Waals surface area contributed by atoms with Gasteiger partial charge >= 0.3 is 0 Å². The Balaban J connectivity index is 1.98. The average Bonchev–Trinajstić information content (AvgIpc) is 2.95. The number of H-pyrrole nitrogens is 1. The van der Waals surface area contributed by atoms with Gasteiger partial charge in [0.2, 0.25) is 0 Å². The minimum Gasteiger partial charge on any atom is -0.381 e. The van der Waals surface area contributed by atoms with Gasteiger partial charge in [-0.3, -0.25) is 0 Å². The first-order valence-corrected chi connectivity index (χ1v) is 7.70. The highest BCUT2D eigenvalue weighted by molar-refractivity contribution is 6.33. The monoisotopic (exact) mass is 325 g/mol. The van der Waals surface area contributed by atoms with Gasteiger partial charge in [0.05, 0.1) is 28.8 Å². The van der Waals surface area contributed by atoms with Gasteiger partial charge in [-0.1, -0.05) is 23.7 Å². The summed E-state index contributed by atoms with van der Waals surface area (Å²) < 4.78 is 5.28. The third kappa shape index (κ3) is 3.21. The maximum absolute atomic E-state index is 8.93. The Bertz CT molecular complexity index is 895. The predicted octanol–water partition coefficient (Wildman–Crippen LogP) is 4.33. The van der Waals surface area contributed by atoms with Crippen LogP contribution in [0.25, 0.3) is 22.2 Å². The Hall–Kier alpha value is -2.35. The molecule has 0 fully saturated rings. The van der Waals surface area contributed by atoms with Gasteiger partial charge < -0.3 is 9.72 Å². The molecule has 2 aromatic carbocycles. The van der Waals surface area contributed by atoms with Crippen LogP contribution in [0.4, 0.5) is 0 Å². The van der Waals surface area contributed by atoms with E-state index in [2.05, 4.69) is 16.0 Å². The van der Waals surface area contributed by atoms with Gasteiger partial charge in [-0.05, 0) is 36.8 Å². The second kappa shape index (κ2) is 6.41. The quantitative estimate of drug-likeness (QED) is 0.776. The van der Waals surface area contributed by atoms with E-state index >= 15 is 0 Å². The highest BCUT2D eigenvalue weighted by atomic mass is 35.5. The number of ether oxygens (including phenoxy) is 1. The summed E-state index contributed by atoms with van der Waals surface area (Å²) in [5.74, 6) is 0.900. The van der Waals surface area contributed by atoms with E-state index in [0.717, 1.165) is 34.4 Å². The van der Waals surface area contributed by atoms with Crippen molar-refractivity contribution in [2.75, 3.05) is 7.11 Å². The second-order valence-corrected chi connectivity index (χ2v) is 5.88. The number of fused-ring (bicyclic) bond motifs is 1. The molecule has 116 valence electrons. The Morgan fingerprint density at radius 2 is 2.13 bits per heavy atom. The van der Waals surface area contributed by atoms with Crippen LogP contribution in [-0.4, -0.2) is 23.2 Å². The van der Waals surface area contributed by atoms with Gasteiger partial charge in [0.15, 0.2) is 0 Å². The molecule has 1 aromatic heterocycles.